The van der Waals surface area contributed by atoms with Crippen LogP contribution in [0.5, 0.6) is 0 Å². The van der Waals surface area contributed by atoms with Gasteiger partial charge < -0.3 is 11.1 Å². The molecule has 0 amide bonds. The van der Waals surface area contributed by atoms with E-state index in [4.69, 9.17) is 10.7 Å². The van der Waals surface area contributed by atoms with Crippen molar-refractivity contribution in [3.63, 3.8) is 0 Å². The third-order valence-electron chi connectivity index (χ3n) is 4.96. The third kappa shape index (κ3) is 3.15. The Hall–Kier alpha value is -2.88. The van der Waals surface area contributed by atoms with E-state index in [0.717, 1.165) is 41.7 Å². The van der Waals surface area contributed by atoms with Crippen molar-refractivity contribution in [2.45, 2.75) is 38.6 Å². The summed E-state index contributed by atoms with van der Waals surface area (Å²) in [6, 6.07) is 16.8. The highest BCUT2D eigenvalue weighted by atomic mass is 15.0. The normalized spacial score (nSPS) is 17.1. The number of benzene rings is 2. The Morgan fingerprint density at radius 1 is 1.12 bits per heavy atom. The Morgan fingerprint density at radius 3 is 2.65 bits per heavy atom. The quantitative estimate of drug-likeness (QED) is 0.724. The molecular weight excluding hydrogens is 320 g/mol. The van der Waals surface area contributed by atoms with Crippen molar-refractivity contribution in [3.05, 3.63) is 71.4 Å². The number of aryl methyl sites for hydroxylation is 1. The van der Waals surface area contributed by atoms with Gasteiger partial charge >= 0.3 is 0 Å². The maximum atomic E-state index is 6.26. The molecule has 1 aliphatic carbocycles. The maximum absolute atomic E-state index is 6.26. The first-order valence-electron chi connectivity index (χ1n) is 9.33. The fraction of sp³-hybridized carbons (Fsp3) is 0.273. The molecule has 1 aromatic heterocycles. The molecule has 2 aromatic carbocycles. The van der Waals surface area contributed by atoms with E-state index in [1.807, 2.05) is 24.3 Å². The van der Waals surface area contributed by atoms with Crippen LogP contribution in [0.1, 0.15) is 49.0 Å². The largest absolute Gasteiger partial charge is 0.382 e. The Balaban J connectivity index is 1.72. The van der Waals surface area contributed by atoms with E-state index in [9.17, 15) is 0 Å². The van der Waals surface area contributed by atoms with Gasteiger partial charge in [-0.25, -0.2) is 9.97 Å². The molecule has 0 aliphatic heterocycles. The van der Waals surface area contributed by atoms with Gasteiger partial charge in [0.15, 0.2) is 5.82 Å². The average molecular weight is 344 g/mol. The highest BCUT2D eigenvalue weighted by molar-refractivity contribution is 5.80. The second-order valence-electron chi connectivity index (χ2n) is 6.76. The zero-order valence-corrected chi connectivity index (χ0v) is 15.1. The van der Waals surface area contributed by atoms with Crippen LogP contribution in [-0.2, 0) is 6.42 Å². The Bertz CT molecular complexity index is 961. The van der Waals surface area contributed by atoms with Crippen molar-refractivity contribution >= 4 is 22.5 Å². The highest BCUT2D eigenvalue weighted by Gasteiger charge is 2.22. The van der Waals surface area contributed by atoms with Crippen molar-refractivity contribution in [1.82, 2.24) is 15.3 Å². The van der Waals surface area contributed by atoms with E-state index < -0.39 is 0 Å². The second kappa shape index (κ2) is 7.16. The molecule has 0 fully saturated rings. The topological polar surface area (TPSA) is 63.8 Å². The number of hydrogen-bond donors (Lipinski definition) is 2. The van der Waals surface area contributed by atoms with Gasteiger partial charge in [-0.2, -0.15) is 0 Å². The van der Waals surface area contributed by atoms with E-state index in [-0.39, 0.29) is 6.04 Å². The molecule has 1 atom stereocenters. The van der Waals surface area contributed by atoms with E-state index in [2.05, 4.69) is 47.6 Å². The predicted octanol–water partition coefficient (Wildman–Crippen LogP) is 4.63. The van der Waals surface area contributed by atoms with Crippen LogP contribution in [0.4, 0.5) is 5.82 Å². The number of hydrogen-bond acceptors (Lipinski definition) is 4. The molecule has 0 radical (unpaired) electrons. The fourth-order valence-corrected chi connectivity index (χ4v) is 3.73. The molecule has 26 heavy (non-hydrogen) atoms. The molecule has 0 spiro atoms. The lowest BCUT2D eigenvalue weighted by atomic mass is 9.87. The summed E-state index contributed by atoms with van der Waals surface area (Å²) in [5, 5.41) is 3.71. The lowest BCUT2D eigenvalue weighted by Crippen LogP contribution is -2.25. The zero-order valence-electron chi connectivity index (χ0n) is 15.1. The summed E-state index contributed by atoms with van der Waals surface area (Å²) >= 11 is 0. The van der Waals surface area contributed by atoms with E-state index in [0.29, 0.717) is 5.82 Å². The van der Waals surface area contributed by atoms with Crippen LogP contribution in [0.15, 0.2) is 54.6 Å². The zero-order chi connectivity index (χ0) is 17.9. The SMILES string of the molecule is CC/C=C(/NC1CCCc2ccccc21)c1nc2ccccc2nc1N. The minimum absolute atomic E-state index is 0.283. The number of aromatic nitrogens is 2. The molecule has 3 N–H and O–H groups in total. The van der Waals surface area contributed by atoms with E-state index in [1.54, 1.807) is 0 Å². The van der Waals surface area contributed by atoms with Crippen molar-refractivity contribution in [2.75, 3.05) is 5.73 Å². The fourth-order valence-electron chi connectivity index (χ4n) is 3.73. The molecule has 4 nitrogen and oxygen atoms in total. The van der Waals surface area contributed by atoms with Crippen molar-refractivity contribution < 1.29 is 0 Å². The number of para-hydroxylation sites is 2. The summed E-state index contributed by atoms with van der Waals surface area (Å²) in [6.45, 7) is 2.13. The Labute approximate surface area is 154 Å². The molecule has 1 heterocycles. The van der Waals surface area contributed by atoms with Crippen LogP contribution in [0, 0.1) is 0 Å². The number of nitrogens with one attached hydrogen (secondary N) is 1. The van der Waals surface area contributed by atoms with Crippen LogP contribution in [-0.4, -0.2) is 9.97 Å². The molecule has 1 aliphatic rings. The van der Waals surface area contributed by atoms with Crippen LogP contribution >= 0.6 is 0 Å². The summed E-state index contributed by atoms with van der Waals surface area (Å²) in [7, 11) is 0. The van der Waals surface area contributed by atoms with Gasteiger partial charge in [0.2, 0.25) is 0 Å². The molecule has 0 bridgehead atoms. The van der Waals surface area contributed by atoms with Gasteiger partial charge in [-0.15, -0.1) is 0 Å². The number of anilines is 1. The molecule has 132 valence electrons. The van der Waals surface area contributed by atoms with Gasteiger partial charge in [0.1, 0.15) is 5.69 Å². The third-order valence-corrected chi connectivity index (χ3v) is 4.96. The number of nitrogens with two attached hydrogens (primary N) is 1. The predicted molar refractivity (Wildman–Crippen MR) is 107 cm³/mol. The molecule has 3 aromatic rings. The second-order valence-corrected chi connectivity index (χ2v) is 6.76. The first-order chi connectivity index (χ1) is 12.8. The minimum atomic E-state index is 0.283. The number of fused-ring (bicyclic) bond motifs is 2. The number of allylic oxidation sites excluding steroid dienone is 1. The lowest BCUT2D eigenvalue weighted by Gasteiger charge is -2.28. The summed E-state index contributed by atoms with van der Waals surface area (Å²) in [5.74, 6) is 0.472. The maximum Gasteiger partial charge on any atom is 0.152 e. The molecule has 4 heteroatoms. The van der Waals surface area contributed by atoms with Gasteiger partial charge in [0.05, 0.1) is 22.8 Å². The van der Waals surface area contributed by atoms with Crippen LogP contribution in [0.3, 0.4) is 0 Å². The molecular formula is C22H24N4. The standard InChI is InChI=1S/C22H24N4/c1-2-8-20(21-22(23)26-19-13-6-5-12-18(19)25-21)24-17-14-7-10-15-9-3-4-11-16(15)17/h3-6,8-9,11-13,17,24H,2,7,10,14H2,1H3,(H2,23,26)/b20-8+. The molecule has 1 unspecified atom stereocenters. The van der Waals surface area contributed by atoms with Gasteiger partial charge in [-0.05, 0) is 48.9 Å². The lowest BCUT2D eigenvalue weighted by molar-refractivity contribution is 0.519. The molecule has 0 saturated carbocycles. The van der Waals surface area contributed by atoms with E-state index >= 15 is 0 Å². The van der Waals surface area contributed by atoms with Gasteiger partial charge in [0.25, 0.3) is 0 Å². The van der Waals surface area contributed by atoms with Crippen molar-refractivity contribution in [1.29, 1.82) is 0 Å². The van der Waals surface area contributed by atoms with Crippen LogP contribution in [0.25, 0.3) is 16.7 Å². The highest BCUT2D eigenvalue weighted by Crippen LogP contribution is 2.32. The summed E-state index contributed by atoms with van der Waals surface area (Å²) in [4.78, 5) is 9.35. The molecule has 0 saturated heterocycles. The molecule has 4 rings (SSSR count). The Kier molecular flexibility index (Phi) is 4.57. The average Bonchev–Trinajstić information content (AvgIpc) is 2.67. The van der Waals surface area contributed by atoms with Crippen LogP contribution in [0.2, 0.25) is 0 Å². The van der Waals surface area contributed by atoms with E-state index in [1.165, 1.54) is 17.5 Å². The first-order valence-corrected chi connectivity index (χ1v) is 9.33. The summed E-state index contributed by atoms with van der Waals surface area (Å²) in [5.41, 5.74) is 12.5. The number of rotatable bonds is 4. The van der Waals surface area contributed by atoms with Gasteiger partial charge in [-0.1, -0.05) is 49.4 Å². The van der Waals surface area contributed by atoms with Crippen LogP contribution < -0.4 is 11.1 Å². The number of nitrogens with zero attached hydrogens (tertiary/aromatic N) is 2. The Morgan fingerprint density at radius 2 is 1.85 bits per heavy atom. The minimum Gasteiger partial charge on any atom is -0.382 e. The monoisotopic (exact) mass is 344 g/mol. The summed E-state index contributed by atoms with van der Waals surface area (Å²) in [6.07, 6.45) is 6.52. The smallest absolute Gasteiger partial charge is 0.152 e. The van der Waals surface area contributed by atoms with Gasteiger partial charge in [0, 0.05) is 0 Å². The summed E-state index contributed by atoms with van der Waals surface area (Å²) < 4.78 is 0. The van der Waals surface area contributed by atoms with Gasteiger partial charge in [-0.3, -0.25) is 0 Å². The first kappa shape index (κ1) is 16.6. The van der Waals surface area contributed by atoms with Crippen molar-refractivity contribution in [3.8, 4) is 0 Å². The van der Waals surface area contributed by atoms with Crippen molar-refractivity contribution in [2.24, 2.45) is 0 Å². The number of nitrogen functional groups attached to an aromatic ring is 1.